The Kier molecular flexibility index (Phi) is 8.04. The summed E-state index contributed by atoms with van der Waals surface area (Å²) < 4.78 is 36.4. The first-order chi connectivity index (χ1) is 15.9. The number of hydrazone groups is 1. The van der Waals surface area contributed by atoms with Gasteiger partial charge < -0.3 is 9.47 Å². The number of anilines is 1. The average molecular weight is 468 g/mol. The standard InChI is InChI=1S/C24H25N3O5S/c1-31-23-15-20(13-14-22(23)32-18-19-9-5-3-6-10-19)16-25-26-24(28)17-27(33(2,29)30)21-11-7-4-8-12-21/h3-16H,17-18H2,1-2H3,(H,26,28)/b25-16-. The molecule has 0 unspecified atom stereocenters. The predicted molar refractivity (Wildman–Crippen MR) is 128 cm³/mol. The second-order valence-electron chi connectivity index (χ2n) is 7.08. The van der Waals surface area contributed by atoms with Crippen molar-refractivity contribution in [1.29, 1.82) is 0 Å². The van der Waals surface area contributed by atoms with Crippen LogP contribution < -0.4 is 19.2 Å². The minimum absolute atomic E-state index is 0.393. The van der Waals surface area contributed by atoms with E-state index in [4.69, 9.17) is 9.47 Å². The molecule has 0 aliphatic carbocycles. The molecular formula is C24H25N3O5S. The van der Waals surface area contributed by atoms with Crippen LogP contribution in [0.2, 0.25) is 0 Å². The largest absolute Gasteiger partial charge is 0.493 e. The van der Waals surface area contributed by atoms with Crippen LogP contribution in [0.3, 0.4) is 0 Å². The van der Waals surface area contributed by atoms with Gasteiger partial charge in [-0.25, -0.2) is 13.8 Å². The number of carbonyl (C=O) groups excluding carboxylic acids is 1. The van der Waals surface area contributed by atoms with E-state index in [2.05, 4.69) is 10.5 Å². The van der Waals surface area contributed by atoms with E-state index in [-0.39, 0.29) is 0 Å². The van der Waals surface area contributed by atoms with Gasteiger partial charge in [0.05, 0.1) is 25.3 Å². The minimum atomic E-state index is -3.64. The monoisotopic (exact) mass is 467 g/mol. The second-order valence-corrected chi connectivity index (χ2v) is 8.99. The van der Waals surface area contributed by atoms with Gasteiger partial charge in [-0.2, -0.15) is 5.10 Å². The molecular weight excluding hydrogens is 442 g/mol. The zero-order valence-corrected chi connectivity index (χ0v) is 19.2. The molecule has 0 saturated carbocycles. The zero-order chi connectivity index (χ0) is 23.7. The first kappa shape index (κ1) is 23.8. The molecule has 0 heterocycles. The molecule has 172 valence electrons. The SMILES string of the molecule is COc1cc(/C=N\NC(=O)CN(c2ccccc2)S(C)(=O)=O)ccc1OCc1ccccc1. The normalized spacial score (nSPS) is 11.2. The Labute approximate surface area is 193 Å². The molecule has 3 rings (SSSR count). The summed E-state index contributed by atoms with van der Waals surface area (Å²) in [4.78, 5) is 12.3. The Morgan fingerprint density at radius 3 is 2.30 bits per heavy atom. The lowest BCUT2D eigenvalue weighted by molar-refractivity contribution is -0.119. The maximum atomic E-state index is 12.3. The van der Waals surface area contributed by atoms with Crippen molar-refractivity contribution >= 4 is 27.8 Å². The topological polar surface area (TPSA) is 97.3 Å². The number of hydrogen-bond acceptors (Lipinski definition) is 6. The number of nitrogens with one attached hydrogen (secondary N) is 1. The molecule has 0 fully saturated rings. The Bertz CT molecular complexity index is 1200. The van der Waals surface area contributed by atoms with Gasteiger partial charge in [0.25, 0.3) is 5.91 Å². The Balaban J connectivity index is 1.61. The minimum Gasteiger partial charge on any atom is -0.493 e. The van der Waals surface area contributed by atoms with Crippen LogP contribution in [0, 0.1) is 0 Å². The van der Waals surface area contributed by atoms with Crippen molar-refractivity contribution in [2.75, 3.05) is 24.2 Å². The van der Waals surface area contributed by atoms with Crippen LogP contribution >= 0.6 is 0 Å². The van der Waals surface area contributed by atoms with Crippen molar-refractivity contribution in [3.8, 4) is 11.5 Å². The van der Waals surface area contributed by atoms with Gasteiger partial charge >= 0.3 is 0 Å². The molecule has 0 aliphatic rings. The van der Waals surface area contributed by atoms with Crippen molar-refractivity contribution in [1.82, 2.24) is 5.43 Å². The average Bonchev–Trinajstić information content (AvgIpc) is 2.82. The van der Waals surface area contributed by atoms with Crippen molar-refractivity contribution < 1.29 is 22.7 Å². The molecule has 9 heteroatoms. The van der Waals surface area contributed by atoms with E-state index < -0.39 is 22.5 Å². The molecule has 0 aliphatic heterocycles. The maximum absolute atomic E-state index is 12.3. The number of rotatable bonds is 10. The lowest BCUT2D eigenvalue weighted by atomic mass is 10.2. The van der Waals surface area contributed by atoms with Gasteiger partial charge in [0, 0.05) is 0 Å². The Morgan fingerprint density at radius 1 is 1.00 bits per heavy atom. The fourth-order valence-electron chi connectivity index (χ4n) is 2.96. The van der Waals surface area contributed by atoms with E-state index in [0.717, 1.165) is 16.1 Å². The second kappa shape index (κ2) is 11.1. The quantitative estimate of drug-likeness (QED) is 0.365. The van der Waals surface area contributed by atoms with Gasteiger partial charge in [-0.1, -0.05) is 48.5 Å². The third-order valence-electron chi connectivity index (χ3n) is 4.56. The van der Waals surface area contributed by atoms with Gasteiger partial charge in [-0.3, -0.25) is 9.10 Å². The summed E-state index contributed by atoms with van der Waals surface area (Å²) in [7, 11) is -2.10. The number of hydrogen-bond donors (Lipinski definition) is 1. The van der Waals surface area contributed by atoms with Gasteiger partial charge in [-0.15, -0.1) is 0 Å². The smallest absolute Gasteiger partial charge is 0.260 e. The summed E-state index contributed by atoms with van der Waals surface area (Å²) >= 11 is 0. The molecule has 0 spiro atoms. The maximum Gasteiger partial charge on any atom is 0.260 e. The molecule has 0 saturated heterocycles. The molecule has 8 nitrogen and oxygen atoms in total. The predicted octanol–water partition coefficient (Wildman–Crippen LogP) is 3.19. The van der Waals surface area contributed by atoms with E-state index in [9.17, 15) is 13.2 Å². The lowest BCUT2D eigenvalue weighted by Crippen LogP contribution is -2.38. The molecule has 0 bridgehead atoms. The highest BCUT2D eigenvalue weighted by Gasteiger charge is 2.20. The Hall–Kier alpha value is -3.85. The summed E-state index contributed by atoms with van der Waals surface area (Å²) in [6.07, 6.45) is 2.49. The van der Waals surface area contributed by atoms with E-state index in [1.54, 1.807) is 48.5 Å². The van der Waals surface area contributed by atoms with E-state index >= 15 is 0 Å². The van der Waals surface area contributed by atoms with E-state index in [1.807, 2.05) is 30.3 Å². The molecule has 1 amide bonds. The molecule has 0 aromatic heterocycles. The molecule has 1 N–H and O–H groups in total. The van der Waals surface area contributed by atoms with Crippen molar-refractivity contribution in [2.45, 2.75) is 6.61 Å². The fraction of sp³-hybridized carbons (Fsp3) is 0.167. The van der Waals surface area contributed by atoms with Crippen LogP contribution in [0.4, 0.5) is 5.69 Å². The summed E-state index contributed by atoms with van der Waals surface area (Å²) in [5, 5.41) is 3.93. The van der Waals surface area contributed by atoms with Crippen LogP contribution in [0.25, 0.3) is 0 Å². The summed E-state index contributed by atoms with van der Waals surface area (Å²) in [6.45, 7) is 0.00865. The molecule has 33 heavy (non-hydrogen) atoms. The first-order valence-electron chi connectivity index (χ1n) is 10.1. The van der Waals surface area contributed by atoms with Crippen molar-refractivity contribution in [3.63, 3.8) is 0 Å². The highest BCUT2D eigenvalue weighted by molar-refractivity contribution is 7.92. The number of benzene rings is 3. The first-order valence-corrected chi connectivity index (χ1v) is 11.9. The molecule has 0 atom stereocenters. The Morgan fingerprint density at radius 2 is 1.67 bits per heavy atom. The zero-order valence-electron chi connectivity index (χ0n) is 18.3. The third-order valence-corrected chi connectivity index (χ3v) is 5.70. The van der Waals surface area contributed by atoms with Gasteiger partial charge in [0.15, 0.2) is 11.5 Å². The highest BCUT2D eigenvalue weighted by Crippen LogP contribution is 2.28. The number of nitrogens with zero attached hydrogens (tertiary/aromatic N) is 2. The van der Waals surface area contributed by atoms with Crippen LogP contribution in [-0.4, -0.2) is 40.4 Å². The van der Waals surface area contributed by atoms with E-state index in [0.29, 0.717) is 29.4 Å². The van der Waals surface area contributed by atoms with Crippen molar-refractivity contribution in [2.24, 2.45) is 5.10 Å². The third kappa shape index (κ3) is 7.08. The van der Waals surface area contributed by atoms with Gasteiger partial charge in [-0.05, 0) is 41.5 Å². The highest BCUT2D eigenvalue weighted by atomic mass is 32.2. The van der Waals surface area contributed by atoms with Crippen LogP contribution in [0.15, 0.2) is 84.0 Å². The number of ether oxygens (including phenoxy) is 2. The molecule has 3 aromatic carbocycles. The molecule has 3 aromatic rings. The fourth-order valence-corrected chi connectivity index (χ4v) is 3.81. The number of amides is 1. The van der Waals surface area contributed by atoms with Gasteiger partial charge in [0.1, 0.15) is 13.2 Å². The number of carbonyl (C=O) groups is 1. The van der Waals surface area contributed by atoms with Crippen LogP contribution in [0.5, 0.6) is 11.5 Å². The number of sulfonamides is 1. The van der Waals surface area contributed by atoms with Crippen LogP contribution in [0.1, 0.15) is 11.1 Å². The molecule has 0 radical (unpaired) electrons. The van der Waals surface area contributed by atoms with Gasteiger partial charge in [0.2, 0.25) is 10.0 Å². The summed E-state index contributed by atoms with van der Waals surface area (Å²) in [5.41, 5.74) is 4.46. The van der Waals surface area contributed by atoms with E-state index in [1.165, 1.54) is 13.3 Å². The number of para-hydroxylation sites is 1. The lowest BCUT2D eigenvalue weighted by Gasteiger charge is -2.21. The number of methoxy groups -OCH3 is 1. The summed E-state index contributed by atoms with van der Waals surface area (Å²) in [5.74, 6) is 0.526. The summed E-state index contributed by atoms with van der Waals surface area (Å²) in [6, 6.07) is 23.4. The van der Waals surface area contributed by atoms with Crippen molar-refractivity contribution in [3.05, 3.63) is 90.0 Å². The van der Waals surface area contributed by atoms with Crippen LogP contribution in [-0.2, 0) is 21.4 Å².